The van der Waals surface area contributed by atoms with Gasteiger partial charge in [-0.3, -0.25) is 9.59 Å². The second-order valence-electron chi connectivity index (χ2n) is 5.86. The highest BCUT2D eigenvalue weighted by Gasteiger charge is 2.23. The van der Waals surface area contributed by atoms with Gasteiger partial charge < -0.3 is 10.6 Å². The van der Waals surface area contributed by atoms with Crippen molar-refractivity contribution in [1.29, 1.82) is 5.26 Å². The molecule has 1 saturated carbocycles. The predicted octanol–water partition coefficient (Wildman–Crippen LogP) is 2.63. The topological polar surface area (TPSA) is 82.0 Å². The lowest BCUT2D eigenvalue weighted by molar-refractivity contribution is -0.120. The van der Waals surface area contributed by atoms with Crippen molar-refractivity contribution >= 4 is 17.5 Å². The molecule has 5 heteroatoms. The fourth-order valence-electron chi connectivity index (χ4n) is 2.30. The van der Waals surface area contributed by atoms with Crippen molar-refractivity contribution in [1.82, 2.24) is 5.32 Å². The van der Waals surface area contributed by atoms with E-state index < -0.39 is 0 Å². The third kappa shape index (κ3) is 4.20. The monoisotopic (exact) mass is 319 g/mol. The summed E-state index contributed by atoms with van der Waals surface area (Å²) >= 11 is 0. The number of hydrogen-bond acceptors (Lipinski definition) is 3. The summed E-state index contributed by atoms with van der Waals surface area (Å²) in [6.07, 6.45) is 2.50. The maximum absolute atomic E-state index is 12.1. The first-order valence-electron chi connectivity index (χ1n) is 7.84. The second kappa shape index (κ2) is 6.97. The summed E-state index contributed by atoms with van der Waals surface area (Å²) in [4.78, 5) is 23.9. The van der Waals surface area contributed by atoms with Crippen LogP contribution in [0, 0.1) is 11.3 Å². The lowest BCUT2D eigenvalue weighted by atomic mass is 10.1. The molecule has 120 valence electrons. The lowest BCUT2D eigenvalue weighted by Gasteiger charge is -2.07. The van der Waals surface area contributed by atoms with E-state index in [1.165, 1.54) is 0 Å². The SMILES string of the molecule is N#Cc1ccc(C(=O)Nc2ccc(CC(=O)NC3CC3)cc2)cc1. The predicted molar refractivity (Wildman–Crippen MR) is 90.4 cm³/mol. The molecule has 0 atom stereocenters. The van der Waals surface area contributed by atoms with E-state index in [9.17, 15) is 9.59 Å². The molecule has 0 aromatic heterocycles. The molecule has 0 unspecified atom stereocenters. The van der Waals surface area contributed by atoms with Gasteiger partial charge in [-0.25, -0.2) is 0 Å². The molecule has 2 aromatic carbocycles. The van der Waals surface area contributed by atoms with Gasteiger partial charge in [0.05, 0.1) is 18.1 Å². The zero-order chi connectivity index (χ0) is 16.9. The lowest BCUT2D eigenvalue weighted by Crippen LogP contribution is -2.26. The molecular weight excluding hydrogens is 302 g/mol. The van der Waals surface area contributed by atoms with Crippen molar-refractivity contribution in [3.05, 3.63) is 65.2 Å². The first-order valence-corrected chi connectivity index (χ1v) is 7.84. The summed E-state index contributed by atoms with van der Waals surface area (Å²) in [7, 11) is 0. The summed E-state index contributed by atoms with van der Waals surface area (Å²) in [6, 6.07) is 16.1. The van der Waals surface area contributed by atoms with Gasteiger partial charge in [0.25, 0.3) is 5.91 Å². The molecule has 2 aromatic rings. The maximum Gasteiger partial charge on any atom is 0.255 e. The van der Waals surface area contributed by atoms with Crippen molar-refractivity contribution in [3.8, 4) is 6.07 Å². The molecule has 1 aliphatic carbocycles. The third-order valence-electron chi connectivity index (χ3n) is 3.80. The summed E-state index contributed by atoms with van der Waals surface area (Å²) in [6.45, 7) is 0. The van der Waals surface area contributed by atoms with Crippen LogP contribution in [-0.4, -0.2) is 17.9 Å². The van der Waals surface area contributed by atoms with Gasteiger partial charge in [-0.1, -0.05) is 12.1 Å². The van der Waals surface area contributed by atoms with Gasteiger partial charge in [-0.15, -0.1) is 0 Å². The Balaban J connectivity index is 1.57. The van der Waals surface area contributed by atoms with E-state index in [-0.39, 0.29) is 11.8 Å². The van der Waals surface area contributed by atoms with E-state index in [2.05, 4.69) is 10.6 Å². The molecule has 1 aliphatic rings. The number of anilines is 1. The third-order valence-corrected chi connectivity index (χ3v) is 3.80. The highest BCUT2D eigenvalue weighted by molar-refractivity contribution is 6.04. The van der Waals surface area contributed by atoms with Gasteiger partial charge in [0.15, 0.2) is 0 Å². The molecule has 2 amide bonds. The number of nitriles is 1. The molecule has 5 nitrogen and oxygen atoms in total. The quantitative estimate of drug-likeness (QED) is 0.889. The van der Waals surface area contributed by atoms with Crippen LogP contribution in [-0.2, 0) is 11.2 Å². The van der Waals surface area contributed by atoms with Crippen LogP contribution in [0.15, 0.2) is 48.5 Å². The molecule has 0 bridgehead atoms. The Morgan fingerprint density at radius 2 is 1.71 bits per heavy atom. The number of benzene rings is 2. The summed E-state index contributed by atoms with van der Waals surface area (Å²) in [5.41, 5.74) is 2.57. The van der Waals surface area contributed by atoms with Crippen LogP contribution in [0.25, 0.3) is 0 Å². The smallest absolute Gasteiger partial charge is 0.255 e. The molecule has 0 aliphatic heterocycles. The fourth-order valence-corrected chi connectivity index (χ4v) is 2.30. The van der Waals surface area contributed by atoms with Crippen LogP contribution in [0.3, 0.4) is 0 Å². The standard InChI is InChI=1S/C19H17N3O2/c20-12-14-1-5-15(6-2-14)19(24)22-17-7-3-13(4-8-17)11-18(23)21-16-9-10-16/h1-8,16H,9-11H2,(H,21,23)(H,22,24). The second-order valence-corrected chi connectivity index (χ2v) is 5.86. The molecule has 2 N–H and O–H groups in total. The van der Waals surface area contributed by atoms with E-state index >= 15 is 0 Å². The zero-order valence-corrected chi connectivity index (χ0v) is 13.1. The van der Waals surface area contributed by atoms with Crippen LogP contribution in [0.1, 0.15) is 34.3 Å². The summed E-state index contributed by atoms with van der Waals surface area (Å²) in [5.74, 6) is -0.203. The Bertz CT molecular complexity index is 785. The minimum atomic E-state index is -0.237. The van der Waals surface area contributed by atoms with E-state index in [0.717, 1.165) is 18.4 Å². The van der Waals surface area contributed by atoms with Gasteiger partial charge >= 0.3 is 0 Å². The van der Waals surface area contributed by atoms with Crippen LogP contribution >= 0.6 is 0 Å². The van der Waals surface area contributed by atoms with Crippen LogP contribution in [0.2, 0.25) is 0 Å². The molecule has 0 spiro atoms. The van der Waals surface area contributed by atoms with Crippen LogP contribution in [0.4, 0.5) is 5.69 Å². The minimum absolute atomic E-state index is 0.0341. The van der Waals surface area contributed by atoms with Crippen molar-refractivity contribution in [2.45, 2.75) is 25.3 Å². The van der Waals surface area contributed by atoms with Gasteiger partial charge in [-0.05, 0) is 54.8 Å². The van der Waals surface area contributed by atoms with Crippen molar-refractivity contribution in [2.75, 3.05) is 5.32 Å². The normalized spacial score (nSPS) is 13.0. The first-order chi connectivity index (χ1) is 11.6. The Morgan fingerprint density at radius 1 is 1.04 bits per heavy atom. The van der Waals surface area contributed by atoms with Gasteiger partial charge in [0, 0.05) is 17.3 Å². The highest BCUT2D eigenvalue weighted by atomic mass is 16.2. The minimum Gasteiger partial charge on any atom is -0.353 e. The molecule has 0 radical (unpaired) electrons. The fraction of sp³-hybridized carbons (Fsp3) is 0.211. The molecule has 1 fully saturated rings. The van der Waals surface area contributed by atoms with Gasteiger partial charge in [0.2, 0.25) is 5.91 Å². The van der Waals surface area contributed by atoms with Crippen molar-refractivity contribution in [3.63, 3.8) is 0 Å². The van der Waals surface area contributed by atoms with Crippen molar-refractivity contribution in [2.24, 2.45) is 0 Å². The number of hydrogen-bond donors (Lipinski definition) is 2. The molecular formula is C19H17N3O2. The van der Waals surface area contributed by atoms with E-state index in [1.54, 1.807) is 36.4 Å². The summed E-state index contributed by atoms with van der Waals surface area (Å²) < 4.78 is 0. The Hall–Kier alpha value is -3.13. The Kier molecular flexibility index (Phi) is 4.57. The first kappa shape index (κ1) is 15.8. The molecule has 24 heavy (non-hydrogen) atoms. The Morgan fingerprint density at radius 3 is 2.29 bits per heavy atom. The molecule has 0 heterocycles. The average Bonchev–Trinajstić information content (AvgIpc) is 3.40. The summed E-state index contributed by atoms with van der Waals surface area (Å²) in [5, 5.41) is 14.5. The number of carbonyl (C=O) groups excluding carboxylic acids is 2. The number of nitrogens with zero attached hydrogens (tertiary/aromatic N) is 1. The van der Waals surface area contributed by atoms with Gasteiger partial charge in [0.1, 0.15) is 0 Å². The number of nitrogens with one attached hydrogen (secondary N) is 2. The maximum atomic E-state index is 12.1. The number of rotatable bonds is 5. The largest absolute Gasteiger partial charge is 0.353 e. The molecule has 0 saturated heterocycles. The van der Waals surface area contributed by atoms with Crippen LogP contribution in [0.5, 0.6) is 0 Å². The number of carbonyl (C=O) groups is 2. The van der Waals surface area contributed by atoms with Crippen molar-refractivity contribution < 1.29 is 9.59 Å². The van der Waals surface area contributed by atoms with E-state index in [4.69, 9.17) is 5.26 Å². The van der Waals surface area contributed by atoms with E-state index in [0.29, 0.717) is 29.3 Å². The zero-order valence-electron chi connectivity index (χ0n) is 13.1. The molecule has 3 rings (SSSR count). The average molecular weight is 319 g/mol. The number of amides is 2. The Labute approximate surface area is 140 Å². The van der Waals surface area contributed by atoms with E-state index in [1.807, 2.05) is 18.2 Å². The van der Waals surface area contributed by atoms with Gasteiger partial charge in [-0.2, -0.15) is 5.26 Å². The van der Waals surface area contributed by atoms with Crippen LogP contribution < -0.4 is 10.6 Å². The highest BCUT2D eigenvalue weighted by Crippen LogP contribution is 2.19.